The molecule has 1 heterocycles. The minimum absolute atomic E-state index is 0.125. The maximum Gasteiger partial charge on any atom is 0.263 e. The normalized spacial score (nSPS) is 11.8. The Morgan fingerprint density at radius 3 is 2.60 bits per heavy atom. The minimum Gasteiger partial charge on any atom is -0.241 e. The van der Waals surface area contributed by atoms with Crippen molar-refractivity contribution >= 4 is 26.0 Å². The molecule has 0 spiro atoms. The molecular formula is C13H12BrFN2O2S. The summed E-state index contributed by atoms with van der Waals surface area (Å²) in [5.41, 5.74) is 0.787. The van der Waals surface area contributed by atoms with Gasteiger partial charge in [-0.25, -0.2) is 17.8 Å². The number of hydrogen-bond donors (Lipinski definition) is 0. The maximum absolute atomic E-state index is 13.6. The van der Waals surface area contributed by atoms with Crippen LogP contribution < -0.4 is 0 Å². The van der Waals surface area contributed by atoms with Gasteiger partial charge in [0, 0.05) is 24.3 Å². The van der Waals surface area contributed by atoms with Crippen LogP contribution in [-0.4, -0.2) is 24.8 Å². The van der Waals surface area contributed by atoms with E-state index in [4.69, 9.17) is 0 Å². The molecule has 0 aliphatic rings. The molecule has 7 heteroatoms. The van der Waals surface area contributed by atoms with E-state index in [0.29, 0.717) is 0 Å². The van der Waals surface area contributed by atoms with Crippen LogP contribution in [0.1, 0.15) is 5.56 Å². The van der Waals surface area contributed by atoms with Gasteiger partial charge in [-0.3, -0.25) is 0 Å². The van der Waals surface area contributed by atoms with E-state index in [-0.39, 0.29) is 6.54 Å². The van der Waals surface area contributed by atoms with Crippen molar-refractivity contribution in [2.24, 2.45) is 0 Å². The monoisotopic (exact) mass is 358 g/mol. The fraction of sp³-hybridized carbons (Fsp3) is 0.154. The van der Waals surface area contributed by atoms with Crippen molar-refractivity contribution < 1.29 is 12.8 Å². The summed E-state index contributed by atoms with van der Waals surface area (Å²) in [6.07, 6.45) is 1.25. The summed E-state index contributed by atoms with van der Waals surface area (Å²) in [6, 6.07) is 9.68. The Morgan fingerprint density at radius 2 is 1.95 bits per heavy atom. The van der Waals surface area contributed by atoms with Gasteiger partial charge in [0.15, 0.2) is 5.82 Å². The minimum atomic E-state index is -3.96. The molecule has 0 amide bonds. The molecule has 2 aromatic rings. The molecule has 4 nitrogen and oxygen atoms in total. The van der Waals surface area contributed by atoms with Crippen LogP contribution in [0.3, 0.4) is 0 Å². The highest BCUT2D eigenvalue weighted by Gasteiger charge is 2.26. The quantitative estimate of drug-likeness (QED) is 0.844. The van der Waals surface area contributed by atoms with Crippen molar-refractivity contribution in [3.63, 3.8) is 0 Å². The summed E-state index contributed by atoms with van der Waals surface area (Å²) < 4.78 is 40.0. The predicted molar refractivity (Wildman–Crippen MR) is 77.0 cm³/mol. The van der Waals surface area contributed by atoms with Crippen LogP contribution in [-0.2, 0) is 16.6 Å². The highest BCUT2D eigenvalue weighted by Crippen LogP contribution is 2.21. The van der Waals surface area contributed by atoms with Gasteiger partial charge < -0.3 is 0 Å². The Balaban J connectivity index is 2.31. The van der Waals surface area contributed by atoms with Crippen LogP contribution in [0.5, 0.6) is 0 Å². The van der Waals surface area contributed by atoms with Crippen LogP contribution >= 0.6 is 15.9 Å². The molecule has 0 radical (unpaired) electrons. The summed E-state index contributed by atoms with van der Waals surface area (Å²) >= 11 is 3.35. The Kier molecular flexibility index (Phi) is 4.52. The van der Waals surface area contributed by atoms with Crippen molar-refractivity contribution in [3.05, 3.63) is 58.4 Å². The summed E-state index contributed by atoms with van der Waals surface area (Å²) in [6.45, 7) is 0.125. The highest BCUT2D eigenvalue weighted by molar-refractivity contribution is 9.10. The van der Waals surface area contributed by atoms with Gasteiger partial charge in [-0.1, -0.05) is 34.1 Å². The number of rotatable bonds is 4. The number of pyridine rings is 1. The Labute approximate surface area is 125 Å². The van der Waals surface area contributed by atoms with Crippen LogP contribution in [0.15, 0.2) is 52.1 Å². The molecule has 0 aliphatic heterocycles. The first-order chi connectivity index (χ1) is 9.43. The van der Waals surface area contributed by atoms with E-state index in [1.54, 1.807) is 6.07 Å². The van der Waals surface area contributed by atoms with E-state index in [2.05, 4.69) is 20.9 Å². The summed E-state index contributed by atoms with van der Waals surface area (Å²) in [5, 5.41) is -0.561. The first-order valence-electron chi connectivity index (χ1n) is 5.73. The lowest BCUT2D eigenvalue weighted by atomic mass is 10.2. The molecule has 0 aliphatic carbocycles. The van der Waals surface area contributed by atoms with E-state index >= 15 is 0 Å². The van der Waals surface area contributed by atoms with Gasteiger partial charge in [0.05, 0.1) is 0 Å². The Bertz CT molecular complexity index is 722. The topological polar surface area (TPSA) is 50.3 Å². The number of halogens is 2. The van der Waals surface area contributed by atoms with Crippen LogP contribution in [0, 0.1) is 5.82 Å². The van der Waals surface area contributed by atoms with Crippen LogP contribution in [0.25, 0.3) is 0 Å². The lowest BCUT2D eigenvalue weighted by Crippen LogP contribution is -2.28. The van der Waals surface area contributed by atoms with Gasteiger partial charge in [-0.05, 0) is 23.8 Å². The molecule has 0 unspecified atom stereocenters. The van der Waals surface area contributed by atoms with Gasteiger partial charge in [-0.2, -0.15) is 4.31 Å². The van der Waals surface area contributed by atoms with Crippen LogP contribution in [0.2, 0.25) is 0 Å². The second kappa shape index (κ2) is 5.99. The average Bonchev–Trinajstić information content (AvgIpc) is 2.41. The molecular weight excluding hydrogens is 347 g/mol. The third-order valence-electron chi connectivity index (χ3n) is 2.73. The molecule has 106 valence electrons. The number of benzene rings is 1. The van der Waals surface area contributed by atoms with Crippen molar-refractivity contribution in [2.75, 3.05) is 7.05 Å². The van der Waals surface area contributed by atoms with Crippen molar-refractivity contribution in [3.8, 4) is 0 Å². The Hall–Kier alpha value is -1.31. The fourth-order valence-corrected chi connectivity index (χ4v) is 3.18. The first kappa shape index (κ1) is 15.1. The largest absolute Gasteiger partial charge is 0.263 e. The molecule has 0 saturated heterocycles. The molecule has 0 fully saturated rings. The zero-order valence-electron chi connectivity index (χ0n) is 10.6. The number of aromatic nitrogens is 1. The van der Waals surface area contributed by atoms with E-state index in [0.717, 1.165) is 20.4 Å². The summed E-state index contributed by atoms with van der Waals surface area (Å²) in [7, 11) is -2.57. The fourth-order valence-electron chi connectivity index (χ4n) is 1.66. The van der Waals surface area contributed by atoms with Crippen molar-refractivity contribution in [1.82, 2.24) is 9.29 Å². The van der Waals surface area contributed by atoms with Gasteiger partial charge >= 0.3 is 0 Å². The van der Waals surface area contributed by atoms with Gasteiger partial charge in [0.2, 0.25) is 5.03 Å². The molecule has 1 aromatic heterocycles. The number of nitrogens with zero attached hydrogens (tertiary/aromatic N) is 2. The smallest absolute Gasteiger partial charge is 0.241 e. The molecule has 0 bridgehead atoms. The highest BCUT2D eigenvalue weighted by atomic mass is 79.9. The molecule has 20 heavy (non-hydrogen) atoms. The van der Waals surface area contributed by atoms with E-state index in [1.807, 2.05) is 18.2 Å². The first-order valence-corrected chi connectivity index (χ1v) is 7.96. The molecule has 0 N–H and O–H groups in total. The van der Waals surface area contributed by atoms with E-state index in [1.165, 1.54) is 19.3 Å². The SMILES string of the molecule is CN(Cc1ccccc1Br)S(=O)(=O)c1ncccc1F. The lowest BCUT2D eigenvalue weighted by Gasteiger charge is -2.17. The molecule has 1 aromatic carbocycles. The zero-order valence-corrected chi connectivity index (χ0v) is 13.0. The maximum atomic E-state index is 13.6. The third-order valence-corrected chi connectivity index (χ3v) is 5.24. The van der Waals surface area contributed by atoms with Gasteiger partial charge in [0.1, 0.15) is 0 Å². The average molecular weight is 359 g/mol. The summed E-state index contributed by atoms with van der Waals surface area (Å²) in [5.74, 6) is -0.855. The molecule has 0 saturated carbocycles. The van der Waals surface area contributed by atoms with Crippen molar-refractivity contribution in [1.29, 1.82) is 0 Å². The molecule has 2 rings (SSSR count). The number of sulfonamides is 1. The van der Waals surface area contributed by atoms with E-state index < -0.39 is 20.9 Å². The standard InChI is InChI=1S/C13H12BrFN2O2S/c1-17(9-10-5-2-3-6-11(10)14)20(18,19)13-12(15)7-4-8-16-13/h2-8H,9H2,1H3. The summed E-state index contributed by atoms with van der Waals surface area (Å²) in [4.78, 5) is 3.62. The second-order valence-corrected chi connectivity index (χ2v) is 6.96. The van der Waals surface area contributed by atoms with Crippen molar-refractivity contribution in [2.45, 2.75) is 11.6 Å². The van der Waals surface area contributed by atoms with Crippen LogP contribution in [0.4, 0.5) is 4.39 Å². The third kappa shape index (κ3) is 3.05. The predicted octanol–water partition coefficient (Wildman–Crippen LogP) is 2.80. The Morgan fingerprint density at radius 1 is 1.25 bits per heavy atom. The van der Waals surface area contributed by atoms with E-state index in [9.17, 15) is 12.8 Å². The zero-order chi connectivity index (χ0) is 14.8. The van der Waals surface area contributed by atoms with Gasteiger partial charge in [-0.15, -0.1) is 0 Å². The molecule has 0 atom stereocenters. The lowest BCUT2D eigenvalue weighted by molar-refractivity contribution is 0.454. The number of hydrogen-bond acceptors (Lipinski definition) is 3. The van der Waals surface area contributed by atoms with Gasteiger partial charge in [0.25, 0.3) is 10.0 Å². The second-order valence-electron chi connectivity index (χ2n) is 4.14.